The van der Waals surface area contributed by atoms with Gasteiger partial charge in [-0.15, -0.1) is 5.10 Å². The molecular formula is C13H11BrN4O5S. The number of phenolic OH excluding ortho intramolecular Hbond substituents is 1. The molecule has 0 saturated carbocycles. The number of H-pyrrole nitrogens is 1. The summed E-state index contributed by atoms with van der Waals surface area (Å²) in [5.41, 5.74) is -0.293. The van der Waals surface area contributed by atoms with Gasteiger partial charge in [-0.05, 0) is 45.4 Å². The number of nitro benzene ring substituents is 1. The Labute approximate surface area is 148 Å². The van der Waals surface area contributed by atoms with Gasteiger partial charge >= 0.3 is 11.7 Å². The van der Waals surface area contributed by atoms with Gasteiger partial charge in [-0.25, -0.2) is 9.78 Å². The Kier molecular flexibility index (Phi) is 5.57. The summed E-state index contributed by atoms with van der Waals surface area (Å²) in [4.78, 5) is 25.6. The van der Waals surface area contributed by atoms with Crippen LogP contribution < -0.4 is 0 Å². The summed E-state index contributed by atoms with van der Waals surface area (Å²) in [7, 11) is 0. The summed E-state index contributed by atoms with van der Waals surface area (Å²) >= 11 is 3.82. The van der Waals surface area contributed by atoms with Crippen molar-refractivity contribution in [3.05, 3.63) is 43.0 Å². The number of aromatic amines is 1. The molecule has 0 saturated heterocycles. The van der Waals surface area contributed by atoms with Gasteiger partial charge in [-0.1, -0.05) is 6.92 Å². The lowest BCUT2D eigenvalue weighted by Gasteiger charge is -2.03. The van der Waals surface area contributed by atoms with E-state index in [9.17, 15) is 25.1 Å². The number of thioether (sulfide) groups is 1. The number of rotatable bonds is 6. The Balaban J connectivity index is 2.40. The lowest BCUT2D eigenvalue weighted by atomic mass is 10.1. The van der Waals surface area contributed by atoms with E-state index in [1.54, 1.807) is 0 Å². The summed E-state index contributed by atoms with van der Waals surface area (Å²) in [6.45, 7) is 1.87. The van der Waals surface area contributed by atoms with Crippen LogP contribution in [0.2, 0.25) is 0 Å². The zero-order valence-electron chi connectivity index (χ0n) is 12.2. The highest BCUT2D eigenvalue weighted by atomic mass is 79.9. The van der Waals surface area contributed by atoms with Crippen LogP contribution in [0.5, 0.6) is 5.75 Å². The van der Waals surface area contributed by atoms with E-state index >= 15 is 0 Å². The van der Waals surface area contributed by atoms with Gasteiger partial charge in [-0.3, -0.25) is 15.2 Å². The number of carboxylic acid groups (broad SMARTS) is 1. The maximum absolute atomic E-state index is 11.4. The number of nitro groups is 1. The maximum Gasteiger partial charge on any atom is 0.342 e. The van der Waals surface area contributed by atoms with E-state index in [1.165, 1.54) is 12.1 Å². The Morgan fingerprint density at radius 3 is 2.79 bits per heavy atom. The van der Waals surface area contributed by atoms with Crippen molar-refractivity contribution in [3.8, 4) is 5.75 Å². The number of benzene rings is 1. The number of carbonyl (C=O) groups is 1. The molecule has 24 heavy (non-hydrogen) atoms. The second-order valence-corrected chi connectivity index (χ2v) is 6.33. The molecule has 1 aromatic carbocycles. The van der Waals surface area contributed by atoms with Crippen LogP contribution >= 0.6 is 27.7 Å². The van der Waals surface area contributed by atoms with Gasteiger partial charge in [0.05, 0.1) is 9.40 Å². The van der Waals surface area contributed by atoms with E-state index in [1.807, 2.05) is 6.92 Å². The number of aryl methyl sites for hydroxylation is 1. The van der Waals surface area contributed by atoms with E-state index in [-0.39, 0.29) is 20.1 Å². The number of aromatic nitrogens is 3. The molecule has 11 heteroatoms. The molecule has 1 heterocycles. The summed E-state index contributed by atoms with van der Waals surface area (Å²) in [5, 5.41) is 36.7. The van der Waals surface area contributed by atoms with E-state index in [0.29, 0.717) is 12.2 Å². The highest BCUT2D eigenvalue weighted by Crippen LogP contribution is 2.36. The molecule has 0 unspecified atom stereocenters. The SMILES string of the molecule is CCc1nc(S/C(=C\c2cc(Br)c(O)c([N+](=O)[O-])c2)C(=O)O)n[nH]1. The fraction of sp³-hybridized carbons (Fsp3) is 0.154. The third-order valence-corrected chi connectivity index (χ3v) is 4.30. The molecule has 2 aromatic rings. The van der Waals surface area contributed by atoms with Crippen LogP contribution in [0.3, 0.4) is 0 Å². The van der Waals surface area contributed by atoms with Crippen molar-refractivity contribution in [2.45, 2.75) is 18.5 Å². The van der Waals surface area contributed by atoms with Gasteiger partial charge in [0.2, 0.25) is 10.9 Å². The first-order valence-corrected chi connectivity index (χ1v) is 8.13. The molecule has 0 aliphatic carbocycles. The number of aromatic hydroxyl groups is 1. The van der Waals surface area contributed by atoms with Crippen molar-refractivity contribution in [3.63, 3.8) is 0 Å². The van der Waals surface area contributed by atoms with Gasteiger partial charge in [0.15, 0.2) is 0 Å². The van der Waals surface area contributed by atoms with Crippen molar-refractivity contribution >= 4 is 45.4 Å². The molecule has 0 fully saturated rings. The van der Waals surface area contributed by atoms with Crippen LogP contribution in [0, 0.1) is 10.1 Å². The predicted molar refractivity (Wildman–Crippen MR) is 89.7 cm³/mol. The molecule has 0 aliphatic rings. The average Bonchev–Trinajstić information content (AvgIpc) is 2.97. The molecule has 9 nitrogen and oxygen atoms in total. The Hall–Kier alpha value is -2.40. The minimum absolute atomic E-state index is 0.0869. The molecule has 0 amide bonds. The Morgan fingerprint density at radius 1 is 1.54 bits per heavy atom. The molecule has 0 spiro atoms. The van der Waals surface area contributed by atoms with Crippen LogP contribution in [0.15, 0.2) is 26.7 Å². The normalized spacial score (nSPS) is 11.5. The number of nitrogens with zero attached hydrogens (tertiary/aromatic N) is 3. The first kappa shape index (κ1) is 17.9. The quantitative estimate of drug-likeness (QED) is 0.283. The first-order valence-electron chi connectivity index (χ1n) is 6.52. The molecule has 0 atom stereocenters. The minimum atomic E-state index is -1.23. The average molecular weight is 415 g/mol. The minimum Gasteiger partial charge on any atom is -0.501 e. The van der Waals surface area contributed by atoms with E-state index in [2.05, 4.69) is 31.1 Å². The predicted octanol–water partition coefficient (Wildman–Crippen LogP) is 2.96. The summed E-state index contributed by atoms with van der Waals surface area (Å²) in [6.07, 6.45) is 1.86. The number of aliphatic carboxylic acids is 1. The van der Waals surface area contributed by atoms with Gasteiger partial charge < -0.3 is 10.2 Å². The Bertz CT molecular complexity index is 836. The molecule has 0 bridgehead atoms. The van der Waals surface area contributed by atoms with Crippen LogP contribution in [0.4, 0.5) is 5.69 Å². The number of hydrogen-bond donors (Lipinski definition) is 3. The van der Waals surface area contributed by atoms with E-state index in [4.69, 9.17) is 0 Å². The molecule has 0 aliphatic heterocycles. The summed E-state index contributed by atoms with van der Waals surface area (Å²) in [6, 6.07) is 2.46. The van der Waals surface area contributed by atoms with Crippen molar-refractivity contribution in [1.29, 1.82) is 0 Å². The van der Waals surface area contributed by atoms with Gasteiger partial charge in [0.25, 0.3) is 0 Å². The van der Waals surface area contributed by atoms with Crippen LogP contribution in [-0.4, -0.2) is 36.3 Å². The smallest absolute Gasteiger partial charge is 0.342 e. The van der Waals surface area contributed by atoms with Crippen molar-refractivity contribution < 1.29 is 19.9 Å². The molecule has 126 valence electrons. The number of hydrogen-bond acceptors (Lipinski definition) is 7. The third-order valence-electron chi connectivity index (χ3n) is 2.82. The topological polar surface area (TPSA) is 142 Å². The van der Waals surface area contributed by atoms with Gasteiger partial charge in [0.1, 0.15) is 10.7 Å². The standard InChI is InChI=1S/C13H11BrN4O5S/c1-2-10-15-13(17-16-10)24-9(12(20)21)5-6-3-7(14)11(19)8(4-6)18(22)23/h3-5,19H,2H2,1H3,(H,20,21)(H,15,16,17)/b9-5-. The molecule has 0 radical (unpaired) electrons. The molecule has 3 N–H and O–H groups in total. The largest absolute Gasteiger partial charge is 0.501 e. The van der Waals surface area contributed by atoms with Crippen LogP contribution in [-0.2, 0) is 11.2 Å². The number of phenols is 1. The first-order chi connectivity index (χ1) is 11.3. The van der Waals surface area contributed by atoms with E-state index in [0.717, 1.165) is 17.8 Å². The highest BCUT2D eigenvalue weighted by Gasteiger charge is 2.19. The highest BCUT2D eigenvalue weighted by molar-refractivity contribution is 9.10. The fourth-order valence-electron chi connectivity index (χ4n) is 1.69. The van der Waals surface area contributed by atoms with Crippen LogP contribution in [0.25, 0.3) is 6.08 Å². The second kappa shape index (κ2) is 7.45. The molecule has 2 rings (SSSR count). The zero-order chi connectivity index (χ0) is 17.9. The van der Waals surface area contributed by atoms with Crippen molar-refractivity contribution in [2.24, 2.45) is 0 Å². The van der Waals surface area contributed by atoms with E-state index < -0.39 is 22.3 Å². The monoisotopic (exact) mass is 414 g/mol. The fourth-order valence-corrected chi connectivity index (χ4v) is 2.89. The maximum atomic E-state index is 11.4. The second-order valence-electron chi connectivity index (χ2n) is 4.46. The number of carboxylic acids is 1. The number of halogens is 1. The van der Waals surface area contributed by atoms with Crippen molar-refractivity contribution in [1.82, 2.24) is 15.2 Å². The van der Waals surface area contributed by atoms with Crippen LogP contribution in [0.1, 0.15) is 18.3 Å². The number of nitrogens with one attached hydrogen (secondary N) is 1. The lowest BCUT2D eigenvalue weighted by Crippen LogP contribution is -1.98. The molecule has 1 aromatic heterocycles. The zero-order valence-corrected chi connectivity index (χ0v) is 14.6. The van der Waals surface area contributed by atoms with Gasteiger partial charge in [-0.2, -0.15) is 0 Å². The van der Waals surface area contributed by atoms with Gasteiger partial charge in [0, 0.05) is 12.5 Å². The summed E-state index contributed by atoms with van der Waals surface area (Å²) in [5.74, 6) is -1.14. The Morgan fingerprint density at radius 2 is 2.25 bits per heavy atom. The molecular weight excluding hydrogens is 404 g/mol. The summed E-state index contributed by atoms with van der Waals surface area (Å²) < 4.78 is 0.0869. The third kappa shape index (κ3) is 4.11. The lowest BCUT2D eigenvalue weighted by molar-refractivity contribution is -0.386. The van der Waals surface area contributed by atoms with Crippen molar-refractivity contribution in [2.75, 3.05) is 0 Å².